The minimum atomic E-state index is -0.470. The van der Waals surface area contributed by atoms with Crippen LogP contribution in [0.15, 0.2) is 18.2 Å². The monoisotopic (exact) mass is 377 g/mol. The van der Waals surface area contributed by atoms with Crippen molar-refractivity contribution in [2.45, 2.75) is 38.8 Å². The third-order valence-electron chi connectivity index (χ3n) is 4.95. The number of piperazine rings is 1. The Morgan fingerprint density at radius 3 is 2.78 bits per heavy atom. The van der Waals surface area contributed by atoms with Gasteiger partial charge in [0.15, 0.2) is 0 Å². The van der Waals surface area contributed by atoms with Crippen molar-refractivity contribution >= 4 is 11.8 Å². The molecule has 1 fully saturated rings. The van der Waals surface area contributed by atoms with E-state index >= 15 is 0 Å². The number of nitrogens with one attached hydrogen (secondary N) is 1. The van der Waals surface area contributed by atoms with E-state index in [2.05, 4.69) is 17.1 Å². The van der Waals surface area contributed by atoms with Gasteiger partial charge in [0.25, 0.3) is 0 Å². The van der Waals surface area contributed by atoms with Gasteiger partial charge >= 0.3 is 0 Å². The summed E-state index contributed by atoms with van der Waals surface area (Å²) in [5.41, 5.74) is 0.963. The molecule has 7 nitrogen and oxygen atoms in total. The van der Waals surface area contributed by atoms with Crippen molar-refractivity contribution in [3.8, 4) is 11.5 Å². The number of methoxy groups -OCH3 is 2. The quantitative estimate of drug-likeness (QED) is 0.709. The normalized spacial score (nSPS) is 17.3. The smallest absolute Gasteiger partial charge is 0.237 e. The molecule has 0 saturated carbocycles. The summed E-state index contributed by atoms with van der Waals surface area (Å²) in [5, 5.41) is 2.88. The van der Waals surface area contributed by atoms with E-state index in [9.17, 15) is 9.59 Å². The van der Waals surface area contributed by atoms with Crippen LogP contribution >= 0.6 is 0 Å². The molecular weight excluding hydrogens is 346 g/mol. The first-order chi connectivity index (χ1) is 13.0. The Morgan fingerprint density at radius 1 is 1.33 bits per heavy atom. The molecule has 1 aliphatic rings. The lowest BCUT2D eigenvalue weighted by atomic mass is 10.1. The average molecular weight is 377 g/mol. The molecule has 1 N–H and O–H groups in total. The average Bonchev–Trinajstić information content (AvgIpc) is 2.68. The highest BCUT2D eigenvalue weighted by Gasteiger charge is 2.32. The zero-order chi connectivity index (χ0) is 19.8. The predicted octanol–water partition coefficient (Wildman–Crippen LogP) is 1.65. The Morgan fingerprint density at radius 2 is 2.11 bits per heavy atom. The van der Waals surface area contributed by atoms with E-state index in [-0.39, 0.29) is 18.2 Å². The summed E-state index contributed by atoms with van der Waals surface area (Å²) >= 11 is 0. The lowest BCUT2D eigenvalue weighted by Gasteiger charge is -2.35. The van der Waals surface area contributed by atoms with Gasteiger partial charge in [0, 0.05) is 44.9 Å². The number of nitrogens with zero attached hydrogens (tertiary/aromatic N) is 2. The summed E-state index contributed by atoms with van der Waals surface area (Å²) < 4.78 is 10.7. The number of hydrogen-bond donors (Lipinski definition) is 1. The first-order valence-corrected chi connectivity index (χ1v) is 9.46. The molecule has 2 rings (SSSR count). The van der Waals surface area contributed by atoms with Crippen LogP contribution in [0.5, 0.6) is 11.5 Å². The highest BCUT2D eigenvalue weighted by atomic mass is 16.5. The number of carbonyl (C=O) groups excluding carboxylic acids is 2. The molecule has 0 bridgehead atoms. The second-order valence-corrected chi connectivity index (χ2v) is 6.83. The van der Waals surface area contributed by atoms with Gasteiger partial charge in [-0.1, -0.05) is 19.4 Å². The molecule has 0 aromatic heterocycles. The van der Waals surface area contributed by atoms with E-state index in [1.54, 1.807) is 26.2 Å². The molecule has 7 heteroatoms. The standard InChI is InChI=1S/C20H31N3O4/c1-5-6-10-22(2)19(24)13-17-20(25)21-9-11-23(17)14-15-7-8-16(26-3)12-18(15)27-4/h7-8,12,17H,5-6,9-11,13-14H2,1-4H3,(H,21,25)/t17-/m1/s1. The minimum absolute atomic E-state index is 0.00260. The third kappa shape index (κ3) is 5.60. The van der Waals surface area contributed by atoms with Crippen LogP contribution in [0.1, 0.15) is 31.7 Å². The fraction of sp³-hybridized carbons (Fsp3) is 0.600. The number of amides is 2. The molecule has 1 atom stereocenters. The first-order valence-electron chi connectivity index (χ1n) is 9.46. The fourth-order valence-electron chi connectivity index (χ4n) is 3.22. The summed E-state index contributed by atoms with van der Waals surface area (Å²) in [5.74, 6) is 1.34. The Labute approximate surface area is 161 Å². The number of unbranched alkanes of at least 4 members (excludes halogenated alkanes) is 1. The molecule has 2 amide bonds. The highest BCUT2D eigenvalue weighted by Crippen LogP contribution is 2.27. The number of hydrogen-bond acceptors (Lipinski definition) is 5. The number of benzene rings is 1. The second kappa shape index (κ2) is 10.2. The lowest BCUT2D eigenvalue weighted by molar-refractivity contribution is -0.138. The molecule has 0 spiro atoms. The maximum atomic E-state index is 12.5. The van der Waals surface area contributed by atoms with E-state index < -0.39 is 6.04 Å². The molecule has 0 radical (unpaired) electrons. The topological polar surface area (TPSA) is 71.1 Å². The largest absolute Gasteiger partial charge is 0.497 e. The number of rotatable bonds is 9. The lowest BCUT2D eigenvalue weighted by Crippen LogP contribution is -2.56. The minimum Gasteiger partial charge on any atom is -0.497 e. The molecule has 1 aromatic rings. The summed E-state index contributed by atoms with van der Waals surface area (Å²) in [7, 11) is 5.03. The van der Waals surface area contributed by atoms with Crippen LogP contribution < -0.4 is 14.8 Å². The van der Waals surface area contributed by atoms with Crippen molar-refractivity contribution in [2.24, 2.45) is 0 Å². The van der Waals surface area contributed by atoms with Gasteiger partial charge in [-0.25, -0.2) is 0 Å². The summed E-state index contributed by atoms with van der Waals surface area (Å²) in [4.78, 5) is 28.8. The van der Waals surface area contributed by atoms with Crippen LogP contribution in [0, 0.1) is 0 Å². The van der Waals surface area contributed by atoms with Gasteiger partial charge in [0.05, 0.1) is 26.7 Å². The summed E-state index contributed by atoms with van der Waals surface area (Å²) in [6.45, 7) is 4.62. The van der Waals surface area contributed by atoms with Gasteiger partial charge in [-0.2, -0.15) is 0 Å². The third-order valence-corrected chi connectivity index (χ3v) is 4.95. The van der Waals surface area contributed by atoms with E-state index in [4.69, 9.17) is 9.47 Å². The van der Waals surface area contributed by atoms with Crippen molar-refractivity contribution in [1.82, 2.24) is 15.1 Å². The maximum absolute atomic E-state index is 12.5. The second-order valence-electron chi connectivity index (χ2n) is 6.83. The van der Waals surface area contributed by atoms with Gasteiger partial charge in [-0.3, -0.25) is 14.5 Å². The van der Waals surface area contributed by atoms with Gasteiger partial charge < -0.3 is 19.7 Å². The molecule has 1 saturated heterocycles. The molecule has 0 unspecified atom stereocenters. The maximum Gasteiger partial charge on any atom is 0.237 e. The van der Waals surface area contributed by atoms with E-state index in [1.807, 2.05) is 18.2 Å². The molecule has 1 aromatic carbocycles. The van der Waals surface area contributed by atoms with Crippen LogP contribution in [-0.2, 0) is 16.1 Å². The number of carbonyl (C=O) groups is 2. The van der Waals surface area contributed by atoms with E-state index in [0.29, 0.717) is 25.4 Å². The van der Waals surface area contributed by atoms with Crippen molar-refractivity contribution in [1.29, 1.82) is 0 Å². The van der Waals surface area contributed by atoms with Crippen LogP contribution in [0.4, 0.5) is 0 Å². The molecule has 27 heavy (non-hydrogen) atoms. The summed E-state index contributed by atoms with van der Waals surface area (Å²) in [6.07, 6.45) is 2.18. The van der Waals surface area contributed by atoms with Crippen molar-refractivity contribution in [3.63, 3.8) is 0 Å². The Hall–Kier alpha value is -2.28. The van der Waals surface area contributed by atoms with E-state index in [1.165, 1.54) is 0 Å². The summed E-state index contributed by atoms with van der Waals surface area (Å²) in [6, 6.07) is 5.18. The molecule has 150 valence electrons. The van der Waals surface area contributed by atoms with Crippen LogP contribution in [0.2, 0.25) is 0 Å². The zero-order valence-corrected chi connectivity index (χ0v) is 16.8. The van der Waals surface area contributed by atoms with Gasteiger partial charge in [-0.05, 0) is 12.5 Å². The van der Waals surface area contributed by atoms with Crippen molar-refractivity contribution < 1.29 is 19.1 Å². The van der Waals surface area contributed by atoms with Crippen molar-refractivity contribution in [2.75, 3.05) is 40.9 Å². The number of ether oxygens (including phenoxy) is 2. The molecule has 0 aliphatic carbocycles. The van der Waals surface area contributed by atoms with Gasteiger partial charge in [0.2, 0.25) is 11.8 Å². The van der Waals surface area contributed by atoms with Crippen LogP contribution in [0.3, 0.4) is 0 Å². The molecular formula is C20H31N3O4. The Bertz CT molecular complexity index is 650. The Balaban J connectivity index is 2.11. The Kier molecular flexibility index (Phi) is 7.91. The van der Waals surface area contributed by atoms with Gasteiger partial charge in [-0.15, -0.1) is 0 Å². The van der Waals surface area contributed by atoms with E-state index in [0.717, 1.165) is 30.7 Å². The molecule has 1 aliphatic heterocycles. The first kappa shape index (κ1) is 21.0. The van der Waals surface area contributed by atoms with Crippen molar-refractivity contribution in [3.05, 3.63) is 23.8 Å². The predicted molar refractivity (Wildman–Crippen MR) is 104 cm³/mol. The molecule has 1 heterocycles. The zero-order valence-electron chi connectivity index (χ0n) is 16.8. The SMILES string of the molecule is CCCCN(C)C(=O)C[C@@H]1C(=O)NCCN1Cc1ccc(OC)cc1OC. The fourth-order valence-corrected chi connectivity index (χ4v) is 3.22. The highest BCUT2D eigenvalue weighted by molar-refractivity contribution is 5.88. The van der Waals surface area contributed by atoms with Crippen LogP contribution in [0.25, 0.3) is 0 Å². The van der Waals surface area contributed by atoms with Gasteiger partial charge in [0.1, 0.15) is 11.5 Å². The van der Waals surface area contributed by atoms with Crippen LogP contribution in [-0.4, -0.2) is 68.6 Å².